The molecule has 0 aliphatic carbocycles. The van der Waals surface area contributed by atoms with E-state index < -0.39 is 0 Å². The first-order valence-corrected chi connectivity index (χ1v) is 7.07. The Bertz CT molecular complexity index is 544. The van der Waals surface area contributed by atoms with Crippen molar-refractivity contribution in [2.24, 2.45) is 0 Å². The standard InChI is InChI=1S/C15H17NOS/c1-10-7-14-12(9-16-10)8-15(18-14)11-3-5-13(17-2)6-4-11/h3-6,8,10,16H,7,9H2,1-2H3. The molecule has 3 heteroatoms. The van der Waals surface area contributed by atoms with Crippen molar-refractivity contribution in [2.75, 3.05) is 7.11 Å². The maximum atomic E-state index is 5.19. The zero-order chi connectivity index (χ0) is 12.5. The Balaban J connectivity index is 1.92. The monoisotopic (exact) mass is 259 g/mol. The topological polar surface area (TPSA) is 21.3 Å². The minimum atomic E-state index is 0.597. The largest absolute Gasteiger partial charge is 0.497 e. The Kier molecular flexibility index (Phi) is 3.10. The molecule has 0 fully saturated rings. The Morgan fingerprint density at radius 1 is 1.28 bits per heavy atom. The van der Waals surface area contributed by atoms with Crippen molar-refractivity contribution in [3.63, 3.8) is 0 Å². The van der Waals surface area contributed by atoms with Crippen molar-refractivity contribution < 1.29 is 4.74 Å². The van der Waals surface area contributed by atoms with E-state index in [0.717, 1.165) is 18.7 Å². The lowest BCUT2D eigenvalue weighted by Crippen LogP contribution is -2.31. The Morgan fingerprint density at radius 2 is 2.06 bits per heavy atom. The van der Waals surface area contributed by atoms with Gasteiger partial charge in [-0.2, -0.15) is 0 Å². The van der Waals surface area contributed by atoms with Crippen LogP contribution in [0, 0.1) is 0 Å². The fourth-order valence-electron chi connectivity index (χ4n) is 2.32. The van der Waals surface area contributed by atoms with Crippen LogP contribution >= 0.6 is 11.3 Å². The normalized spacial score (nSPS) is 18.4. The Hall–Kier alpha value is -1.32. The SMILES string of the molecule is COc1ccc(-c2cc3c(s2)CC(C)NC3)cc1. The van der Waals surface area contributed by atoms with Gasteiger partial charge in [-0.15, -0.1) is 11.3 Å². The second kappa shape index (κ2) is 4.75. The van der Waals surface area contributed by atoms with E-state index in [1.165, 1.54) is 20.9 Å². The molecule has 0 saturated heterocycles. The number of rotatable bonds is 2. The first-order valence-electron chi connectivity index (χ1n) is 6.25. The number of benzene rings is 1. The maximum Gasteiger partial charge on any atom is 0.118 e. The molecule has 0 saturated carbocycles. The van der Waals surface area contributed by atoms with Crippen LogP contribution in [0.1, 0.15) is 17.4 Å². The van der Waals surface area contributed by atoms with Crippen molar-refractivity contribution in [3.05, 3.63) is 40.8 Å². The molecule has 1 N–H and O–H groups in total. The number of thiophene rings is 1. The number of hydrogen-bond donors (Lipinski definition) is 1. The van der Waals surface area contributed by atoms with Gasteiger partial charge in [-0.05, 0) is 54.8 Å². The van der Waals surface area contributed by atoms with E-state index in [4.69, 9.17) is 4.74 Å². The summed E-state index contributed by atoms with van der Waals surface area (Å²) in [4.78, 5) is 2.89. The average molecular weight is 259 g/mol. The summed E-state index contributed by atoms with van der Waals surface area (Å²) in [6, 6.07) is 11.2. The highest BCUT2D eigenvalue weighted by molar-refractivity contribution is 7.15. The third-order valence-electron chi connectivity index (χ3n) is 3.40. The predicted octanol–water partition coefficient (Wildman–Crippen LogP) is 3.46. The van der Waals surface area contributed by atoms with Crippen molar-refractivity contribution in [1.82, 2.24) is 5.32 Å². The van der Waals surface area contributed by atoms with Crippen LogP contribution in [-0.4, -0.2) is 13.2 Å². The third-order valence-corrected chi connectivity index (χ3v) is 4.65. The highest BCUT2D eigenvalue weighted by Gasteiger charge is 2.17. The molecular formula is C15H17NOS. The van der Waals surface area contributed by atoms with E-state index in [1.807, 2.05) is 23.5 Å². The number of fused-ring (bicyclic) bond motifs is 1. The Labute approximate surface area is 112 Å². The molecule has 0 amide bonds. The van der Waals surface area contributed by atoms with Crippen LogP contribution < -0.4 is 10.1 Å². The van der Waals surface area contributed by atoms with Crippen molar-refractivity contribution in [3.8, 4) is 16.2 Å². The minimum absolute atomic E-state index is 0.597. The molecule has 2 heterocycles. The molecule has 1 aromatic carbocycles. The number of ether oxygens (including phenoxy) is 1. The van der Waals surface area contributed by atoms with Gasteiger partial charge in [0, 0.05) is 22.3 Å². The minimum Gasteiger partial charge on any atom is -0.497 e. The summed E-state index contributed by atoms with van der Waals surface area (Å²) in [5.41, 5.74) is 2.74. The van der Waals surface area contributed by atoms with Crippen LogP contribution in [0.4, 0.5) is 0 Å². The molecule has 2 aromatic rings. The van der Waals surface area contributed by atoms with Crippen LogP contribution in [0.25, 0.3) is 10.4 Å². The van der Waals surface area contributed by atoms with E-state index in [2.05, 4.69) is 30.4 Å². The van der Waals surface area contributed by atoms with Crippen molar-refractivity contribution in [2.45, 2.75) is 25.9 Å². The molecule has 1 unspecified atom stereocenters. The highest BCUT2D eigenvalue weighted by Crippen LogP contribution is 2.34. The van der Waals surface area contributed by atoms with Gasteiger partial charge in [-0.25, -0.2) is 0 Å². The van der Waals surface area contributed by atoms with Gasteiger partial charge in [0.2, 0.25) is 0 Å². The average Bonchev–Trinajstić information content (AvgIpc) is 2.81. The first-order chi connectivity index (χ1) is 8.76. The van der Waals surface area contributed by atoms with Gasteiger partial charge >= 0.3 is 0 Å². The van der Waals surface area contributed by atoms with Gasteiger partial charge in [-0.3, -0.25) is 0 Å². The van der Waals surface area contributed by atoms with E-state index in [0.29, 0.717) is 6.04 Å². The zero-order valence-corrected chi connectivity index (χ0v) is 11.5. The van der Waals surface area contributed by atoms with Crippen molar-refractivity contribution in [1.29, 1.82) is 0 Å². The van der Waals surface area contributed by atoms with Gasteiger partial charge in [0.05, 0.1) is 7.11 Å². The smallest absolute Gasteiger partial charge is 0.118 e. The summed E-state index contributed by atoms with van der Waals surface area (Å²) in [5.74, 6) is 0.912. The highest BCUT2D eigenvalue weighted by atomic mass is 32.1. The van der Waals surface area contributed by atoms with Gasteiger partial charge in [-0.1, -0.05) is 0 Å². The van der Waals surface area contributed by atoms with E-state index in [-0.39, 0.29) is 0 Å². The number of methoxy groups -OCH3 is 1. The second-order valence-electron chi connectivity index (χ2n) is 4.77. The summed E-state index contributed by atoms with van der Waals surface area (Å²) in [6.07, 6.45) is 1.15. The summed E-state index contributed by atoms with van der Waals surface area (Å²) in [5, 5.41) is 3.51. The molecule has 1 aliphatic rings. The molecule has 0 bridgehead atoms. The van der Waals surface area contributed by atoms with Gasteiger partial charge in [0.25, 0.3) is 0 Å². The van der Waals surface area contributed by atoms with Gasteiger partial charge < -0.3 is 10.1 Å². The maximum absolute atomic E-state index is 5.19. The van der Waals surface area contributed by atoms with Crippen LogP contribution in [-0.2, 0) is 13.0 Å². The second-order valence-corrected chi connectivity index (χ2v) is 5.91. The molecule has 3 rings (SSSR count). The number of nitrogens with one attached hydrogen (secondary N) is 1. The quantitative estimate of drug-likeness (QED) is 0.892. The molecular weight excluding hydrogens is 242 g/mol. The van der Waals surface area contributed by atoms with E-state index >= 15 is 0 Å². The molecule has 1 aliphatic heterocycles. The summed E-state index contributed by atoms with van der Waals surface area (Å²) >= 11 is 1.92. The lowest BCUT2D eigenvalue weighted by atomic mass is 10.0. The molecule has 94 valence electrons. The molecule has 1 atom stereocenters. The fourth-order valence-corrected chi connectivity index (χ4v) is 3.64. The lowest BCUT2D eigenvalue weighted by molar-refractivity contribution is 0.415. The van der Waals surface area contributed by atoms with Crippen molar-refractivity contribution >= 4 is 11.3 Å². The van der Waals surface area contributed by atoms with Crippen LogP contribution in [0.3, 0.4) is 0 Å². The molecule has 0 radical (unpaired) electrons. The number of hydrogen-bond acceptors (Lipinski definition) is 3. The van der Waals surface area contributed by atoms with Crippen LogP contribution in [0.2, 0.25) is 0 Å². The lowest BCUT2D eigenvalue weighted by Gasteiger charge is -2.19. The molecule has 18 heavy (non-hydrogen) atoms. The zero-order valence-electron chi connectivity index (χ0n) is 10.7. The Morgan fingerprint density at radius 3 is 2.78 bits per heavy atom. The summed E-state index contributed by atoms with van der Waals surface area (Å²) in [7, 11) is 1.70. The van der Waals surface area contributed by atoms with Gasteiger partial charge in [0.1, 0.15) is 5.75 Å². The first kappa shape index (κ1) is 11.8. The van der Waals surface area contributed by atoms with Crippen LogP contribution in [0.15, 0.2) is 30.3 Å². The summed E-state index contributed by atoms with van der Waals surface area (Å²) in [6.45, 7) is 3.25. The van der Waals surface area contributed by atoms with E-state index in [9.17, 15) is 0 Å². The molecule has 1 aromatic heterocycles. The van der Waals surface area contributed by atoms with E-state index in [1.54, 1.807) is 7.11 Å². The molecule has 2 nitrogen and oxygen atoms in total. The third kappa shape index (κ3) is 2.16. The molecule has 0 spiro atoms. The predicted molar refractivity (Wildman–Crippen MR) is 76.3 cm³/mol. The van der Waals surface area contributed by atoms with Crippen LogP contribution in [0.5, 0.6) is 5.75 Å². The van der Waals surface area contributed by atoms with Gasteiger partial charge in [0.15, 0.2) is 0 Å². The summed E-state index contributed by atoms with van der Waals surface area (Å²) < 4.78 is 5.19. The fraction of sp³-hybridized carbons (Fsp3) is 0.333.